The predicted octanol–water partition coefficient (Wildman–Crippen LogP) is 4.91. The number of hydrogen-bond donors (Lipinski definition) is 1. The van der Waals surface area contributed by atoms with Crippen molar-refractivity contribution in [2.45, 2.75) is 39.2 Å². The Morgan fingerprint density at radius 2 is 1.90 bits per heavy atom. The van der Waals surface area contributed by atoms with Crippen LogP contribution in [0, 0.1) is 5.41 Å². The lowest BCUT2D eigenvalue weighted by Gasteiger charge is -2.18. The zero-order chi connectivity index (χ0) is 15.0. The largest absolute Gasteiger partial charge is 0.349 e. The summed E-state index contributed by atoms with van der Waals surface area (Å²) in [4.78, 5) is 12.4. The fraction of sp³-hybridized carbons (Fsp3) is 0.389. The third kappa shape index (κ3) is 3.29. The molecule has 1 fully saturated rings. The molecule has 2 nitrogen and oxygen atoms in total. The molecule has 1 amide bonds. The minimum absolute atomic E-state index is 0.0440. The second kappa shape index (κ2) is 5.45. The number of halogens is 1. The Morgan fingerprint density at radius 3 is 2.62 bits per heavy atom. The van der Waals surface area contributed by atoms with Gasteiger partial charge in [-0.05, 0) is 59.7 Å². The molecule has 0 bridgehead atoms. The van der Waals surface area contributed by atoms with E-state index in [2.05, 4.69) is 41.2 Å². The highest BCUT2D eigenvalue weighted by atomic mass is 79.9. The lowest BCUT2D eigenvalue weighted by atomic mass is 9.92. The second-order valence-electron chi connectivity index (χ2n) is 6.78. The van der Waals surface area contributed by atoms with Crippen LogP contribution in [0.1, 0.15) is 43.5 Å². The van der Waals surface area contributed by atoms with Gasteiger partial charge in [-0.2, -0.15) is 0 Å². The zero-order valence-corrected chi connectivity index (χ0v) is 14.0. The minimum Gasteiger partial charge on any atom is -0.349 e. The van der Waals surface area contributed by atoms with E-state index in [1.807, 2.05) is 30.3 Å². The van der Waals surface area contributed by atoms with Crippen molar-refractivity contribution < 1.29 is 4.79 Å². The molecule has 0 spiro atoms. The molecule has 2 aromatic rings. The molecule has 3 rings (SSSR count). The van der Waals surface area contributed by atoms with Gasteiger partial charge in [-0.1, -0.05) is 41.9 Å². The fourth-order valence-corrected chi connectivity index (χ4v) is 3.56. The van der Waals surface area contributed by atoms with Gasteiger partial charge in [-0.3, -0.25) is 4.79 Å². The van der Waals surface area contributed by atoms with Gasteiger partial charge in [0.25, 0.3) is 5.91 Å². The normalized spacial score (nSPS) is 20.6. The quantitative estimate of drug-likeness (QED) is 0.822. The van der Waals surface area contributed by atoms with Gasteiger partial charge >= 0.3 is 0 Å². The number of carbonyl (C=O) groups excluding carboxylic acids is 1. The van der Waals surface area contributed by atoms with Crippen molar-refractivity contribution in [3.05, 3.63) is 46.4 Å². The van der Waals surface area contributed by atoms with Crippen molar-refractivity contribution in [3.8, 4) is 0 Å². The average molecular weight is 346 g/mol. The molecule has 21 heavy (non-hydrogen) atoms. The SMILES string of the molecule is CC1(C)CCC(NC(=O)c2ccc3cc(Br)ccc3c2)C1. The van der Waals surface area contributed by atoms with Gasteiger partial charge in [0.1, 0.15) is 0 Å². The van der Waals surface area contributed by atoms with E-state index in [1.165, 1.54) is 6.42 Å². The molecule has 0 saturated heterocycles. The molecule has 3 heteroatoms. The van der Waals surface area contributed by atoms with Crippen LogP contribution in [0.2, 0.25) is 0 Å². The van der Waals surface area contributed by atoms with E-state index < -0.39 is 0 Å². The van der Waals surface area contributed by atoms with Crippen LogP contribution in [-0.2, 0) is 0 Å². The molecule has 110 valence electrons. The molecule has 1 unspecified atom stereocenters. The molecular formula is C18H20BrNO. The molecule has 0 heterocycles. The van der Waals surface area contributed by atoms with Crippen LogP contribution in [0.4, 0.5) is 0 Å². The molecule has 1 aliphatic carbocycles. The summed E-state index contributed by atoms with van der Waals surface area (Å²) in [5.74, 6) is 0.0440. The second-order valence-corrected chi connectivity index (χ2v) is 7.70. The van der Waals surface area contributed by atoms with Gasteiger partial charge in [0.2, 0.25) is 0 Å². The summed E-state index contributed by atoms with van der Waals surface area (Å²) < 4.78 is 1.06. The summed E-state index contributed by atoms with van der Waals surface area (Å²) in [7, 11) is 0. The highest BCUT2D eigenvalue weighted by molar-refractivity contribution is 9.10. The molecule has 1 N–H and O–H groups in total. The van der Waals surface area contributed by atoms with Crippen molar-refractivity contribution in [2.24, 2.45) is 5.41 Å². The number of nitrogens with one attached hydrogen (secondary N) is 1. The molecule has 2 aromatic carbocycles. The van der Waals surface area contributed by atoms with E-state index in [9.17, 15) is 4.79 Å². The van der Waals surface area contributed by atoms with Crippen LogP contribution in [0.25, 0.3) is 10.8 Å². The summed E-state index contributed by atoms with van der Waals surface area (Å²) in [6.45, 7) is 4.54. The topological polar surface area (TPSA) is 29.1 Å². The van der Waals surface area contributed by atoms with Crippen LogP contribution in [-0.4, -0.2) is 11.9 Å². The van der Waals surface area contributed by atoms with Crippen LogP contribution in [0.15, 0.2) is 40.9 Å². The van der Waals surface area contributed by atoms with E-state index in [0.29, 0.717) is 11.5 Å². The smallest absolute Gasteiger partial charge is 0.251 e. The Balaban J connectivity index is 1.77. The van der Waals surface area contributed by atoms with Gasteiger partial charge in [0.15, 0.2) is 0 Å². The monoisotopic (exact) mass is 345 g/mol. The van der Waals surface area contributed by atoms with Crippen molar-refractivity contribution >= 4 is 32.6 Å². The maximum atomic E-state index is 12.4. The fourth-order valence-electron chi connectivity index (χ4n) is 3.19. The summed E-state index contributed by atoms with van der Waals surface area (Å²) in [5.41, 5.74) is 1.10. The van der Waals surface area contributed by atoms with Gasteiger partial charge in [-0.15, -0.1) is 0 Å². The summed E-state index contributed by atoms with van der Waals surface area (Å²) in [5, 5.41) is 5.42. The molecule has 0 radical (unpaired) electrons. The average Bonchev–Trinajstić information content (AvgIpc) is 2.77. The first-order valence-corrected chi connectivity index (χ1v) is 8.22. The van der Waals surface area contributed by atoms with E-state index in [0.717, 1.165) is 33.7 Å². The maximum absolute atomic E-state index is 12.4. The number of fused-ring (bicyclic) bond motifs is 1. The Labute approximate surface area is 134 Å². The summed E-state index contributed by atoms with van der Waals surface area (Å²) in [6.07, 6.45) is 3.34. The minimum atomic E-state index is 0.0440. The first kappa shape index (κ1) is 14.6. The van der Waals surface area contributed by atoms with Crippen molar-refractivity contribution in [1.82, 2.24) is 5.32 Å². The van der Waals surface area contributed by atoms with Crippen LogP contribution >= 0.6 is 15.9 Å². The lowest BCUT2D eigenvalue weighted by Crippen LogP contribution is -2.33. The first-order valence-electron chi connectivity index (χ1n) is 7.43. The standard InChI is InChI=1S/C18H20BrNO/c1-18(2)8-7-16(11-18)20-17(21)14-4-3-13-10-15(19)6-5-12(13)9-14/h3-6,9-10,16H,7-8,11H2,1-2H3,(H,20,21). The van der Waals surface area contributed by atoms with Crippen molar-refractivity contribution in [2.75, 3.05) is 0 Å². The van der Waals surface area contributed by atoms with E-state index in [-0.39, 0.29) is 5.91 Å². The van der Waals surface area contributed by atoms with Gasteiger partial charge in [0, 0.05) is 16.1 Å². The molecule has 1 atom stereocenters. The third-order valence-corrected chi connectivity index (χ3v) is 4.86. The Hall–Kier alpha value is -1.35. The number of hydrogen-bond acceptors (Lipinski definition) is 1. The maximum Gasteiger partial charge on any atom is 0.251 e. The number of amides is 1. The number of benzene rings is 2. The number of rotatable bonds is 2. The zero-order valence-electron chi connectivity index (χ0n) is 12.4. The Morgan fingerprint density at radius 1 is 1.19 bits per heavy atom. The predicted molar refractivity (Wildman–Crippen MR) is 90.5 cm³/mol. The van der Waals surface area contributed by atoms with E-state index in [1.54, 1.807) is 0 Å². The van der Waals surface area contributed by atoms with Gasteiger partial charge in [-0.25, -0.2) is 0 Å². The molecule has 0 aliphatic heterocycles. The highest BCUT2D eigenvalue weighted by Gasteiger charge is 2.31. The highest BCUT2D eigenvalue weighted by Crippen LogP contribution is 2.37. The van der Waals surface area contributed by atoms with Crippen molar-refractivity contribution in [3.63, 3.8) is 0 Å². The van der Waals surface area contributed by atoms with Crippen LogP contribution < -0.4 is 5.32 Å². The molecular weight excluding hydrogens is 326 g/mol. The molecule has 1 aliphatic rings. The van der Waals surface area contributed by atoms with Crippen LogP contribution in [0.3, 0.4) is 0 Å². The van der Waals surface area contributed by atoms with Crippen LogP contribution in [0.5, 0.6) is 0 Å². The lowest BCUT2D eigenvalue weighted by molar-refractivity contribution is 0.0936. The summed E-state index contributed by atoms with van der Waals surface area (Å²) >= 11 is 3.47. The molecule has 0 aromatic heterocycles. The Bertz CT molecular complexity index is 693. The first-order chi connectivity index (χ1) is 9.93. The molecule has 1 saturated carbocycles. The van der Waals surface area contributed by atoms with Gasteiger partial charge in [0.05, 0.1) is 0 Å². The van der Waals surface area contributed by atoms with Crippen molar-refractivity contribution in [1.29, 1.82) is 0 Å². The van der Waals surface area contributed by atoms with E-state index >= 15 is 0 Å². The Kier molecular flexibility index (Phi) is 3.78. The van der Waals surface area contributed by atoms with Gasteiger partial charge < -0.3 is 5.32 Å². The summed E-state index contributed by atoms with van der Waals surface area (Å²) in [6, 6.07) is 12.3. The number of carbonyl (C=O) groups is 1. The third-order valence-electron chi connectivity index (χ3n) is 4.37. The van der Waals surface area contributed by atoms with E-state index in [4.69, 9.17) is 0 Å².